The summed E-state index contributed by atoms with van der Waals surface area (Å²) in [5.41, 5.74) is 15.9. The fraction of sp³-hybridized carbons (Fsp3) is 0.472. The maximum atomic E-state index is 3.02. The summed E-state index contributed by atoms with van der Waals surface area (Å²) in [7, 11) is 0. The minimum atomic E-state index is -3.53. The van der Waals surface area contributed by atoms with Gasteiger partial charge in [-0.25, -0.2) is 0 Å². The van der Waals surface area contributed by atoms with Crippen LogP contribution >= 0.6 is 0 Å². The van der Waals surface area contributed by atoms with Crippen LogP contribution in [0.1, 0.15) is 149 Å². The molecule has 0 fully saturated rings. The first-order chi connectivity index (χ1) is 26.8. The summed E-state index contributed by atoms with van der Waals surface area (Å²) >= 11 is -7.06. The van der Waals surface area contributed by atoms with Gasteiger partial charge in [0.1, 0.15) is 0 Å². The molecule has 4 aromatic carbocycles. The van der Waals surface area contributed by atoms with E-state index < -0.39 is 39.9 Å². The number of hydrogen-bond acceptors (Lipinski definition) is 0. The number of fused-ring (bicyclic) bond motifs is 2. The molecule has 55 heavy (non-hydrogen) atoms. The molecule has 2 heteroatoms. The van der Waals surface area contributed by atoms with Gasteiger partial charge in [-0.15, -0.1) is 0 Å². The van der Waals surface area contributed by atoms with Crippen molar-refractivity contribution in [1.82, 2.24) is 0 Å². The first-order valence-electron chi connectivity index (χ1n) is 22.6. The van der Waals surface area contributed by atoms with Crippen LogP contribution in [0, 0.1) is 0 Å². The summed E-state index contributed by atoms with van der Waals surface area (Å²) in [5, 5.41) is 0. The quantitative estimate of drug-likeness (QED) is 0.0774. The third-order valence-corrected chi connectivity index (χ3v) is 92.7. The standard InChI is InChI=1S/2C17H15.4C4H9.C3H6.2Hf/c2*1-2-13-11-15-9-6-10-16(17(15)12-13)14-7-4-3-5-8-14;4*1-3-4-2;1-3-2;;/h2*3-12H,2H2,1H3;4*1,3-4H2,2H3;1-2H3;;. The molecule has 0 amide bonds. The Hall–Kier alpha value is -1.90. The van der Waals surface area contributed by atoms with Crippen LogP contribution in [-0.4, -0.2) is 0 Å². The molecule has 2 atom stereocenters. The molecule has 0 aliphatic heterocycles. The van der Waals surface area contributed by atoms with Crippen LogP contribution in [0.15, 0.2) is 108 Å². The molecular formula is C53H72Hf2. The van der Waals surface area contributed by atoms with E-state index in [0.717, 1.165) is 0 Å². The van der Waals surface area contributed by atoms with Gasteiger partial charge in [0.15, 0.2) is 0 Å². The molecule has 0 aromatic heterocycles. The van der Waals surface area contributed by atoms with Crippen molar-refractivity contribution >= 4 is 12.2 Å². The van der Waals surface area contributed by atoms with Crippen molar-refractivity contribution in [1.29, 1.82) is 0 Å². The predicted molar refractivity (Wildman–Crippen MR) is 239 cm³/mol. The van der Waals surface area contributed by atoms with E-state index in [-0.39, 0.29) is 0 Å². The second-order valence-electron chi connectivity index (χ2n) is 17.7. The van der Waals surface area contributed by atoms with Gasteiger partial charge in [-0.05, 0) is 0 Å². The Balaban J connectivity index is 1.66. The summed E-state index contributed by atoms with van der Waals surface area (Å²) in [6, 6.07) is 37.6. The van der Waals surface area contributed by atoms with E-state index in [4.69, 9.17) is 0 Å². The minimum absolute atomic E-state index is 0.473. The van der Waals surface area contributed by atoms with Gasteiger partial charge in [0.25, 0.3) is 0 Å². The van der Waals surface area contributed by atoms with Gasteiger partial charge in [-0.1, -0.05) is 0 Å². The summed E-state index contributed by atoms with van der Waals surface area (Å²) in [4.78, 5) is 0. The fourth-order valence-electron chi connectivity index (χ4n) is 11.8. The van der Waals surface area contributed by atoms with E-state index in [1.165, 1.54) is 86.5 Å². The topological polar surface area (TPSA) is 0 Å². The number of unbranched alkanes of at least 4 members (excludes halogenated alkanes) is 4. The number of hydrogen-bond donors (Lipinski definition) is 0. The Labute approximate surface area is 346 Å². The van der Waals surface area contributed by atoms with Crippen molar-refractivity contribution in [3.8, 4) is 22.3 Å². The summed E-state index contributed by atoms with van der Waals surface area (Å²) in [5.74, 6) is 0. The predicted octanol–water partition coefficient (Wildman–Crippen LogP) is 17.8. The molecule has 2 aliphatic rings. The Morgan fingerprint density at radius 1 is 0.436 bits per heavy atom. The molecule has 0 spiro atoms. The van der Waals surface area contributed by atoms with Gasteiger partial charge >= 0.3 is 349 Å². The molecule has 0 radical (unpaired) electrons. The van der Waals surface area contributed by atoms with E-state index in [1.54, 1.807) is 50.1 Å². The van der Waals surface area contributed by atoms with Gasteiger partial charge < -0.3 is 0 Å². The molecule has 0 nitrogen and oxygen atoms in total. The average Bonchev–Trinajstić information content (AvgIpc) is 3.81. The molecule has 2 unspecified atom stereocenters. The second-order valence-corrected chi connectivity index (χ2v) is 61.1. The Morgan fingerprint density at radius 3 is 1.09 bits per heavy atom. The molecule has 4 aromatic rings. The van der Waals surface area contributed by atoms with Crippen LogP contribution in [0.2, 0.25) is 17.6 Å². The summed E-state index contributed by atoms with van der Waals surface area (Å²) < 4.78 is 8.09. The average molecular weight is 1070 g/mol. The van der Waals surface area contributed by atoms with E-state index in [2.05, 4.69) is 165 Å². The number of benzene rings is 4. The van der Waals surface area contributed by atoms with Crippen molar-refractivity contribution < 1.29 is 39.9 Å². The zero-order valence-electron chi connectivity index (χ0n) is 35.9. The first kappa shape index (κ1) is 42.7. The van der Waals surface area contributed by atoms with Crippen molar-refractivity contribution in [3.63, 3.8) is 0 Å². The molecule has 0 N–H and O–H groups in total. The second kappa shape index (κ2) is 19.2. The van der Waals surface area contributed by atoms with E-state index in [9.17, 15) is 0 Å². The molecule has 292 valence electrons. The molecule has 0 bridgehead atoms. The monoisotopic (exact) mass is 1070 g/mol. The molecule has 2 aliphatic carbocycles. The number of allylic oxidation sites excluding steroid dienone is 2. The van der Waals surface area contributed by atoms with Gasteiger partial charge in [-0.3, -0.25) is 0 Å². The summed E-state index contributed by atoms with van der Waals surface area (Å²) in [6.07, 6.45) is 18.8. The van der Waals surface area contributed by atoms with E-state index in [1.807, 2.05) is 0 Å². The van der Waals surface area contributed by atoms with Gasteiger partial charge in [0.2, 0.25) is 0 Å². The van der Waals surface area contributed by atoms with Crippen molar-refractivity contribution in [2.75, 3.05) is 0 Å². The van der Waals surface area contributed by atoms with Gasteiger partial charge in [0, 0.05) is 0 Å². The molecule has 0 saturated heterocycles. The Morgan fingerprint density at radius 2 is 0.782 bits per heavy atom. The van der Waals surface area contributed by atoms with Crippen LogP contribution < -0.4 is 0 Å². The number of rotatable bonds is 20. The first-order valence-corrected chi connectivity index (χ1v) is 40.5. The fourth-order valence-corrected chi connectivity index (χ4v) is 115. The third kappa shape index (κ3) is 7.97. The van der Waals surface area contributed by atoms with Crippen molar-refractivity contribution in [2.45, 2.75) is 145 Å². The van der Waals surface area contributed by atoms with Crippen LogP contribution in [0.3, 0.4) is 0 Å². The Kier molecular flexibility index (Phi) is 14.9. The molecule has 6 rings (SSSR count). The zero-order valence-corrected chi connectivity index (χ0v) is 43.1. The summed E-state index contributed by atoms with van der Waals surface area (Å²) in [6.45, 7) is 21.0. The van der Waals surface area contributed by atoms with Crippen molar-refractivity contribution in [3.05, 3.63) is 130 Å². The van der Waals surface area contributed by atoms with Crippen LogP contribution in [-0.2, 0) is 39.9 Å². The van der Waals surface area contributed by atoms with Gasteiger partial charge in [0.05, 0.1) is 0 Å². The molecular weight excluding hydrogens is 994 g/mol. The molecule has 0 heterocycles. The Bertz CT molecular complexity index is 1760. The molecule has 0 saturated carbocycles. The van der Waals surface area contributed by atoms with Crippen LogP contribution in [0.25, 0.3) is 34.4 Å². The van der Waals surface area contributed by atoms with E-state index >= 15 is 0 Å². The van der Waals surface area contributed by atoms with E-state index in [0.29, 0.717) is 8.28 Å². The maximum absolute atomic E-state index is 3.53. The van der Waals surface area contributed by atoms with Crippen molar-refractivity contribution in [2.24, 2.45) is 0 Å². The normalized spacial score (nSPS) is 16.9. The SMILES string of the molecule is CCC[CH2][Hf]([CH2]CCC)([CH]1C(CC)=Cc2c(-c3ccccc3)cccc21)[C](C)(C)[Hf]([CH2]CCC)([CH2]CCC)[CH]1C(CC)=Cc2c(-c3ccccc3)cccc21. The zero-order chi connectivity index (χ0) is 39.1. The van der Waals surface area contributed by atoms with Crippen LogP contribution in [0.4, 0.5) is 0 Å². The van der Waals surface area contributed by atoms with Crippen LogP contribution in [0.5, 0.6) is 0 Å². The third-order valence-electron chi connectivity index (χ3n) is 14.8. The van der Waals surface area contributed by atoms with Gasteiger partial charge in [-0.2, -0.15) is 0 Å².